The number of benzene rings is 1. The van der Waals surface area contributed by atoms with Gasteiger partial charge >= 0.3 is 6.18 Å². The molecule has 40 heavy (non-hydrogen) atoms. The van der Waals surface area contributed by atoms with E-state index in [-0.39, 0.29) is 23.8 Å². The quantitative estimate of drug-likeness (QED) is 0.222. The van der Waals surface area contributed by atoms with E-state index in [9.17, 15) is 17.7 Å². The number of anilines is 1. The van der Waals surface area contributed by atoms with Gasteiger partial charge in [-0.05, 0) is 56.9 Å². The molecule has 0 amide bonds. The summed E-state index contributed by atoms with van der Waals surface area (Å²) < 4.78 is 73.6. The number of methoxy groups -OCH3 is 1. The van der Waals surface area contributed by atoms with Crippen LogP contribution < -0.4 is 15.4 Å². The minimum Gasteiger partial charge on any atom is -0.480 e. The summed E-state index contributed by atoms with van der Waals surface area (Å²) in [5, 5.41) is 7.05. The van der Waals surface area contributed by atoms with Gasteiger partial charge in [-0.3, -0.25) is 0 Å². The molecule has 1 aromatic carbocycles. The molecular weight excluding hydrogens is 549 g/mol. The maximum absolute atomic E-state index is 15.0. The first-order valence-electron chi connectivity index (χ1n) is 12.3. The zero-order valence-electron chi connectivity index (χ0n) is 22.1. The Labute approximate surface area is 227 Å². The average Bonchev–Trinajstić information content (AvgIpc) is 3.67. The van der Waals surface area contributed by atoms with Crippen LogP contribution >= 0.6 is 7.14 Å². The standard InChI is InChI=1S/C26H26F4N7O2P/c1-14-9-20(26(28,29)30)36-37(14)18-8-5-15(10-17(18)27)11-31-23-19(40(3,4)38)12-32-24(35-23)21-22(16-6-7-16)33-13-34-25(21)39-2/h5,8-10,12-13,16H,6-7,11H2,1-4H3,(H,31,32,35). The van der Waals surface area contributed by atoms with Crippen molar-refractivity contribution in [1.82, 2.24) is 29.7 Å². The number of ether oxygens (including phenoxy) is 1. The number of aryl methyl sites for hydroxylation is 1. The third-order valence-electron chi connectivity index (χ3n) is 6.45. The van der Waals surface area contributed by atoms with Crippen LogP contribution in [-0.2, 0) is 17.3 Å². The van der Waals surface area contributed by atoms with Crippen molar-refractivity contribution in [3.63, 3.8) is 0 Å². The van der Waals surface area contributed by atoms with Crippen LogP contribution in [0.1, 0.15) is 41.4 Å². The molecule has 0 radical (unpaired) electrons. The fourth-order valence-electron chi connectivity index (χ4n) is 4.31. The molecule has 14 heteroatoms. The zero-order chi connectivity index (χ0) is 28.8. The number of hydrogen-bond donors (Lipinski definition) is 1. The molecule has 0 atom stereocenters. The van der Waals surface area contributed by atoms with Gasteiger partial charge in [-0.2, -0.15) is 18.3 Å². The van der Waals surface area contributed by atoms with Gasteiger partial charge in [-0.25, -0.2) is 29.0 Å². The number of hydrogen-bond acceptors (Lipinski definition) is 8. The van der Waals surface area contributed by atoms with E-state index in [1.54, 1.807) is 19.4 Å². The van der Waals surface area contributed by atoms with Crippen LogP contribution in [0, 0.1) is 12.7 Å². The highest BCUT2D eigenvalue weighted by molar-refractivity contribution is 7.70. The van der Waals surface area contributed by atoms with Crippen molar-refractivity contribution in [2.75, 3.05) is 25.8 Å². The van der Waals surface area contributed by atoms with E-state index < -0.39 is 24.8 Å². The minimum atomic E-state index is -4.64. The van der Waals surface area contributed by atoms with E-state index in [2.05, 4.69) is 30.4 Å². The summed E-state index contributed by atoms with van der Waals surface area (Å²) in [7, 11) is -1.33. The van der Waals surface area contributed by atoms with Gasteiger partial charge in [0.1, 0.15) is 36.4 Å². The van der Waals surface area contributed by atoms with Gasteiger partial charge < -0.3 is 14.6 Å². The molecule has 5 rings (SSSR count). The highest BCUT2D eigenvalue weighted by Gasteiger charge is 2.35. The summed E-state index contributed by atoms with van der Waals surface area (Å²) in [6.45, 7) is 4.69. The Balaban J connectivity index is 1.46. The Kier molecular flexibility index (Phi) is 7.11. The number of nitrogens with zero attached hydrogens (tertiary/aromatic N) is 6. The molecule has 0 aliphatic heterocycles. The lowest BCUT2D eigenvalue weighted by Crippen LogP contribution is -2.17. The molecule has 1 N–H and O–H groups in total. The maximum atomic E-state index is 15.0. The molecule has 3 aromatic heterocycles. The van der Waals surface area contributed by atoms with Crippen LogP contribution in [0.25, 0.3) is 17.1 Å². The summed E-state index contributed by atoms with van der Waals surface area (Å²) in [5.41, 5.74) is 0.750. The molecule has 0 unspecified atom stereocenters. The second-order valence-corrected chi connectivity index (χ2v) is 13.1. The number of aromatic nitrogens is 6. The fourth-order valence-corrected chi connectivity index (χ4v) is 5.28. The number of nitrogens with one attached hydrogen (secondary N) is 1. The monoisotopic (exact) mass is 575 g/mol. The molecule has 1 aliphatic carbocycles. The van der Waals surface area contributed by atoms with E-state index in [4.69, 9.17) is 4.74 Å². The van der Waals surface area contributed by atoms with Gasteiger partial charge in [0.05, 0.1) is 18.1 Å². The molecule has 3 heterocycles. The molecule has 1 saturated carbocycles. The highest BCUT2D eigenvalue weighted by Crippen LogP contribution is 2.45. The van der Waals surface area contributed by atoms with Crippen LogP contribution in [-0.4, -0.2) is 50.2 Å². The first-order chi connectivity index (χ1) is 18.9. The number of alkyl halides is 3. The Morgan fingerprint density at radius 3 is 2.50 bits per heavy atom. The Hall–Kier alpha value is -3.86. The number of halogens is 4. The maximum Gasteiger partial charge on any atom is 0.435 e. The third kappa shape index (κ3) is 5.56. The molecular formula is C26H26F4N7O2P. The molecule has 0 spiro atoms. The Morgan fingerprint density at radius 2 is 1.90 bits per heavy atom. The largest absolute Gasteiger partial charge is 0.480 e. The lowest BCUT2D eigenvalue weighted by atomic mass is 10.1. The number of rotatable bonds is 8. The Morgan fingerprint density at radius 1 is 1.15 bits per heavy atom. The van der Waals surface area contributed by atoms with Gasteiger partial charge in [-0.1, -0.05) is 6.07 Å². The van der Waals surface area contributed by atoms with E-state index in [0.717, 1.165) is 29.3 Å². The van der Waals surface area contributed by atoms with Crippen LogP contribution in [0.5, 0.6) is 5.88 Å². The van der Waals surface area contributed by atoms with E-state index in [0.29, 0.717) is 34.0 Å². The summed E-state index contributed by atoms with van der Waals surface area (Å²) >= 11 is 0. The smallest absolute Gasteiger partial charge is 0.435 e. The second kappa shape index (κ2) is 10.3. The second-order valence-electron chi connectivity index (χ2n) is 9.92. The average molecular weight is 576 g/mol. The molecule has 9 nitrogen and oxygen atoms in total. The SMILES string of the molecule is COc1ncnc(C2CC2)c1-c1ncc(P(C)(C)=O)c(NCc2ccc(-n3nc(C(F)(F)F)cc3C)c(F)c2)n1. The van der Waals surface area contributed by atoms with Crippen LogP contribution in [0.3, 0.4) is 0 Å². The van der Waals surface area contributed by atoms with Crippen molar-refractivity contribution in [1.29, 1.82) is 0 Å². The van der Waals surface area contributed by atoms with Crippen molar-refractivity contribution in [2.45, 2.75) is 38.4 Å². The van der Waals surface area contributed by atoms with Gasteiger partial charge in [0, 0.05) is 24.4 Å². The molecule has 210 valence electrons. The van der Waals surface area contributed by atoms with Gasteiger partial charge in [-0.15, -0.1) is 0 Å². The van der Waals surface area contributed by atoms with Gasteiger partial charge in [0.25, 0.3) is 0 Å². The minimum absolute atomic E-state index is 0.0877. The first kappa shape index (κ1) is 27.7. The fraction of sp³-hybridized carbons (Fsp3) is 0.346. The highest BCUT2D eigenvalue weighted by atomic mass is 31.2. The molecule has 4 aromatic rings. The lowest BCUT2D eigenvalue weighted by molar-refractivity contribution is -0.141. The topological polar surface area (TPSA) is 108 Å². The first-order valence-corrected chi connectivity index (χ1v) is 14.9. The molecule has 1 aliphatic rings. The van der Waals surface area contributed by atoms with Crippen molar-refractivity contribution in [2.24, 2.45) is 0 Å². The van der Waals surface area contributed by atoms with Crippen molar-refractivity contribution in [3.8, 4) is 23.0 Å². The summed E-state index contributed by atoms with van der Waals surface area (Å²) in [4.78, 5) is 17.8. The summed E-state index contributed by atoms with van der Waals surface area (Å²) in [5.74, 6) is 0.428. The molecule has 1 fully saturated rings. The van der Waals surface area contributed by atoms with Crippen LogP contribution in [0.4, 0.5) is 23.4 Å². The van der Waals surface area contributed by atoms with E-state index >= 15 is 4.39 Å². The van der Waals surface area contributed by atoms with Crippen LogP contribution in [0.2, 0.25) is 0 Å². The predicted molar refractivity (Wildman–Crippen MR) is 141 cm³/mol. The molecule has 0 saturated heterocycles. The van der Waals surface area contributed by atoms with Crippen molar-refractivity contribution < 1.29 is 26.9 Å². The molecule has 0 bridgehead atoms. The Bertz CT molecular complexity index is 1630. The van der Waals surface area contributed by atoms with E-state index in [1.807, 2.05) is 0 Å². The van der Waals surface area contributed by atoms with Gasteiger partial charge in [0.2, 0.25) is 5.88 Å². The normalized spacial score (nSPS) is 13.9. The lowest BCUT2D eigenvalue weighted by Gasteiger charge is -2.17. The third-order valence-corrected chi connectivity index (χ3v) is 7.94. The van der Waals surface area contributed by atoms with Gasteiger partial charge in [0.15, 0.2) is 11.5 Å². The summed E-state index contributed by atoms with van der Waals surface area (Å²) in [6.07, 6.45) is 0.247. The van der Waals surface area contributed by atoms with E-state index in [1.165, 1.54) is 38.7 Å². The summed E-state index contributed by atoms with van der Waals surface area (Å²) in [6, 6.07) is 4.99. The van der Waals surface area contributed by atoms with Crippen molar-refractivity contribution in [3.05, 3.63) is 65.3 Å². The van der Waals surface area contributed by atoms with Crippen LogP contribution in [0.15, 0.2) is 36.8 Å². The van der Waals surface area contributed by atoms with Crippen molar-refractivity contribution >= 4 is 18.3 Å². The predicted octanol–water partition coefficient (Wildman–Crippen LogP) is 5.33. The zero-order valence-corrected chi connectivity index (χ0v) is 23.0.